The van der Waals surface area contributed by atoms with Gasteiger partial charge < -0.3 is 4.74 Å². The zero-order chi connectivity index (χ0) is 10.6. The van der Waals surface area contributed by atoms with Gasteiger partial charge in [-0.25, -0.2) is 4.79 Å². The highest BCUT2D eigenvalue weighted by molar-refractivity contribution is 6.12. The van der Waals surface area contributed by atoms with E-state index in [9.17, 15) is 4.79 Å². The van der Waals surface area contributed by atoms with Crippen molar-refractivity contribution >= 4 is 17.7 Å². The first-order valence-corrected chi connectivity index (χ1v) is 4.26. The third-order valence-electron chi connectivity index (χ3n) is 1.69. The smallest absolute Gasteiger partial charge is 0.337 e. The molecule has 0 aliphatic heterocycles. The van der Waals surface area contributed by atoms with Gasteiger partial charge >= 0.3 is 5.97 Å². The van der Waals surface area contributed by atoms with Gasteiger partial charge in [0.1, 0.15) is 0 Å². The second-order valence-corrected chi connectivity index (χ2v) is 3.07. The first-order chi connectivity index (χ1) is 6.63. The van der Waals surface area contributed by atoms with Gasteiger partial charge in [-0.15, -0.1) is 0 Å². The molecule has 14 heavy (non-hydrogen) atoms. The van der Waals surface area contributed by atoms with E-state index in [2.05, 4.69) is 4.74 Å². The predicted molar refractivity (Wildman–Crippen MR) is 51.0 cm³/mol. The number of rotatable bonds is 3. The minimum absolute atomic E-state index is 0.197. The first kappa shape index (κ1) is 11.0. The Labute approximate surface area is 86.7 Å². The lowest BCUT2D eigenvalue weighted by Crippen LogP contribution is -2.06. The Morgan fingerprint density at radius 3 is 2.50 bits per heavy atom. The van der Waals surface area contributed by atoms with Crippen LogP contribution in [0.5, 0.6) is 0 Å². The molecule has 76 valence electrons. The van der Waals surface area contributed by atoms with Crippen molar-refractivity contribution in [3.63, 3.8) is 0 Å². The number of carbonyl (C=O) groups excluding carboxylic acids is 1. The van der Waals surface area contributed by atoms with Crippen molar-refractivity contribution in [3.8, 4) is 0 Å². The van der Waals surface area contributed by atoms with Crippen molar-refractivity contribution in [1.82, 2.24) is 4.58 Å². The number of methoxy groups -OCH3 is 1. The van der Waals surface area contributed by atoms with E-state index in [1.807, 2.05) is 0 Å². The molecule has 4 nitrogen and oxygen atoms in total. The van der Waals surface area contributed by atoms with E-state index in [1.54, 1.807) is 24.3 Å². The van der Waals surface area contributed by atoms with E-state index in [-0.39, 0.29) is 12.5 Å². The van der Waals surface area contributed by atoms with Crippen molar-refractivity contribution in [2.24, 2.45) is 0 Å². The van der Waals surface area contributed by atoms with Gasteiger partial charge in [-0.05, 0) is 17.7 Å². The number of hydrogen-bond acceptors (Lipinski definition) is 4. The number of benzene rings is 1. The molecule has 0 fully saturated rings. The van der Waals surface area contributed by atoms with Crippen LogP contribution in [0.3, 0.4) is 0 Å². The molecule has 1 rings (SSSR count). The average Bonchev–Trinajstić information content (AvgIpc) is 2.17. The van der Waals surface area contributed by atoms with Crippen LogP contribution in [0.4, 0.5) is 0 Å². The zero-order valence-corrected chi connectivity index (χ0v) is 8.36. The molecule has 0 heterocycles. The van der Waals surface area contributed by atoms with Gasteiger partial charge in [0.15, 0.2) is 0 Å². The van der Waals surface area contributed by atoms with Crippen LogP contribution in [0.15, 0.2) is 24.3 Å². The molecule has 0 saturated heterocycles. The summed E-state index contributed by atoms with van der Waals surface area (Å²) in [6, 6.07) is 6.61. The highest BCUT2D eigenvalue weighted by Gasteiger charge is 2.04. The summed E-state index contributed by atoms with van der Waals surface area (Å²) in [4.78, 5) is 11.0. The van der Waals surface area contributed by atoms with Gasteiger partial charge in [-0.3, -0.25) is 5.21 Å². The van der Waals surface area contributed by atoms with E-state index in [0.717, 1.165) is 5.56 Å². The molecular formula is C9H10ClNO3. The Morgan fingerprint density at radius 2 is 2.07 bits per heavy atom. The minimum atomic E-state index is -0.386. The molecule has 0 aromatic heterocycles. The second kappa shape index (κ2) is 4.95. The Hall–Kier alpha value is -1.10. The van der Waals surface area contributed by atoms with Crippen LogP contribution in [0.2, 0.25) is 0 Å². The lowest BCUT2D eigenvalue weighted by Gasteiger charge is -2.05. The largest absolute Gasteiger partial charge is 0.465 e. The molecular weight excluding hydrogens is 206 g/mol. The number of carbonyl (C=O) groups is 1. The van der Waals surface area contributed by atoms with Gasteiger partial charge in [0, 0.05) is 11.8 Å². The highest BCUT2D eigenvalue weighted by atomic mass is 35.5. The number of hydrogen-bond donors (Lipinski definition) is 1. The molecule has 0 unspecified atom stereocenters. The number of hydroxylamine groups is 1. The molecule has 0 saturated carbocycles. The van der Waals surface area contributed by atoms with Crippen LogP contribution in [-0.4, -0.2) is 22.9 Å². The standard InChI is InChI=1S/C9H10ClNO3/c1-14-9(12)8-4-2-7(3-5-8)6-11(10)13/h2-5,13H,6H2,1H3. The fourth-order valence-corrected chi connectivity index (χ4v) is 1.15. The molecule has 0 amide bonds. The minimum Gasteiger partial charge on any atom is -0.465 e. The number of ether oxygens (including phenoxy) is 1. The van der Waals surface area contributed by atoms with Gasteiger partial charge in [-0.2, -0.15) is 0 Å². The quantitative estimate of drug-likeness (QED) is 0.475. The fourth-order valence-electron chi connectivity index (χ4n) is 1.01. The van der Waals surface area contributed by atoms with E-state index in [1.165, 1.54) is 7.11 Å². The van der Waals surface area contributed by atoms with Crippen LogP contribution in [0, 0.1) is 0 Å². The summed E-state index contributed by atoms with van der Waals surface area (Å²) in [7, 11) is 1.32. The number of esters is 1. The number of nitrogens with zero attached hydrogens (tertiary/aromatic N) is 1. The van der Waals surface area contributed by atoms with Gasteiger partial charge in [0.25, 0.3) is 0 Å². The molecule has 5 heteroatoms. The van der Waals surface area contributed by atoms with E-state index in [4.69, 9.17) is 17.0 Å². The molecule has 0 spiro atoms. The maximum Gasteiger partial charge on any atom is 0.337 e. The Balaban J connectivity index is 2.73. The molecule has 0 atom stereocenters. The zero-order valence-electron chi connectivity index (χ0n) is 7.61. The SMILES string of the molecule is COC(=O)c1ccc(CN(O)Cl)cc1. The van der Waals surface area contributed by atoms with Crippen molar-refractivity contribution in [2.75, 3.05) is 7.11 Å². The molecule has 0 aliphatic carbocycles. The molecule has 1 aromatic carbocycles. The second-order valence-electron chi connectivity index (χ2n) is 2.68. The Kier molecular flexibility index (Phi) is 3.88. The summed E-state index contributed by atoms with van der Waals surface area (Å²) in [6.45, 7) is 0.197. The summed E-state index contributed by atoms with van der Waals surface area (Å²) in [5.41, 5.74) is 1.27. The van der Waals surface area contributed by atoms with Crippen molar-refractivity contribution in [3.05, 3.63) is 35.4 Å². The summed E-state index contributed by atoms with van der Waals surface area (Å²) in [5.74, 6) is -0.386. The van der Waals surface area contributed by atoms with Gasteiger partial charge in [-0.1, -0.05) is 16.7 Å². The molecule has 0 aliphatic rings. The first-order valence-electron chi connectivity index (χ1n) is 3.93. The summed E-state index contributed by atoms with van der Waals surface area (Å²) < 4.78 is 5.08. The topological polar surface area (TPSA) is 49.8 Å². The highest BCUT2D eigenvalue weighted by Crippen LogP contribution is 2.08. The number of halogens is 1. The Morgan fingerprint density at radius 1 is 1.50 bits per heavy atom. The maximum atomic E-state index is 11.0. The van der Waals surface area contributed by atoms with Gasteiger partial charge in [0.2, 0.25) is 0 Å². The van der Waals surface area contributed by atoms with Crippen LogP contribution in [-0.2, 0) is 11.3 Å². The predicted octanol–water partition coefficient (Wildman–Crippen LogP) is 1.82. The average molecular weight is 216 g/mol. The molecule has 0 radical (unpaired) electrons. The lowest BCUT2D eigenvalue weighted by molar-refractivity contribution is -0.00229. The lowest BCUT2D eigenvalue weighted by atomic mass is 10.1. The Bertz CT molecular complexity index is 310. The monoisotopic (exact) mass is 215 g/mol. The third-order valence-corrected chi connectivity index (χ3v) is 1.81. The summed E-state index contributed by atoms with van der Waals surface area (Å²) >= 11 is 5.24. The van der Waals surface area contributed by atoms with Crippen molar-refractivity contribution < 1.29 is 14.7 Å². The van der Waals surface area contributed by atoms with Crippen molar-refractivity contribution in [1.29, 1.82) is 0 Å². The summed E-state index contributed by atoms with van der Waals surface area (Å²) in [5, 5.41) is 8.74. The van der Waals surface area contributed by atoms with Crippen molar-refractivity contribution in [2.45, 2.75) is 6.54 Å². The van der Waals surface area contributed by atoms with Crippen LogP contribution >= 0.6 is 11.8 Å². The molecule has 0 bridgehead atoms. The maximum absolute atomic E-state index is 11.0. The summed E-state index contributed by atoms with van der Waals surface area (Å²) in [6.07, 6.45) is 0. The van der Waals surface area contributed by atoms with Crippen LogP contribution in [0.25, 0.3) is 0 Å². The third kappa shape index (κ3) is 2.99. The van der Waals surface area contributed by atoms with E-state index >= 15 is 0 Å². The van der Waals surface area contributed by atoms with E-state index < -0.39 is 0 Å². The molecule has 1 aromatic rings. The van der Waals surface area contributed by atoms with Crippen LogP contribution in [0.1, 0.15) is 15.9 Å². The van der Waals surface area contributed by atoms with E-state index in [0.29, 0.717) is 10.1 Å². The normalized spacial score (nSPS) is 10.3. The van der Waals surface area contributed by atoms with Crippen LogP contribution < -0.4 is 0 Å². The fraction of sp³-hybridized carbons (Fsp3) is 0.222. The van der Waals surface area contributed by atoms with Gasteiger partial charge in [0.05, 0.1) is 19.2 Å². The molecule has 1 N–H and O–H groups in total.